The lowest BCUT2D eigenvalue weighted by atomic mass is 9.96. The van der Waals surface area contributed by atoms with E-state index < -0.39 is 11.9 Å². The molecule has 6 nitrogen and oxygen atoms in total. The van der Waals surface area contributed by atoms with Crippen molar-refractivity contribution in [2.24, 2.45) is 5.92 Å². The number of quaternary nitrogens is 1. The molecule has 0 aromatic heterocycles. The van der Waals surface area contributed by atoms with E-state index in [0.717, 1.165) is 29.2 Å². The van der Waals surface area contributed by atoms with Gasteiger partial charge in [0.25, 0.3) is 5.91 Å². The molecular weight excluding hydrogens is 327 g/mol. The van der Waals surface area contributed by atoms with Gasteiger partial charge in [-0.2, -0.15) is 0 Å². The number of piperidine rings is 1. The Morgan fingerprint density at radius 1 is 1.32 bits per heavy atom. The highest BCUT2D eigenvalue weighted by atomic mass is 19.1. The first-order valence-corrected chi connectivity index (χ1v) is 8.64. The van der Waals surface area contributed by atoms with Crippen molar-refractivity contribution in [2.75, 3.05) is 24.6 Å². The van der Waals surface area contributed by atoms with Crippen molar-refractivity contribution in [1.82, 2.24) is 0 Å². The molecule has 25 heavy (non-hydrogen) atoms. The molecule has 2 amide bonds. The van der Waals surface area contributed by atoms with Crippen LogP contribution in [0.15, 0.2) is 24.3 Å². The summed E-state index contributed by atoms with van der Waals surface area (Å²) in [5, 5.41) is 0. The van der Waals surface area contributed by atoms with Crippen molar-refractivity contribution in [3.63, 3.8) is 0 Å². The van der Waals surface area contributed by atoms with Gasteiger partial charge in [0.1, 0.15) is 11.7 Å². The minimum absolute atomic E-state index is 0.112. The Bertz CT molecular complexity index is 676. The monoisotopic (exact) mass is 349 g/mol. The summed E-state index contributed by atoms with van der Waals surface area (Å²) < 4.78 is 18.2. The molecule has 1 aromatic carbocycles. The van der Waals surface area contributed by atoms with Crippen LogP contribution in [0.25, 0.3) is 0 Å². The van der Waals surface area contributed by atoms with E-state index in [1.165, 1.54) is 24.3 Å². The van der Waals surface area contributed by atoms with Crippen LogP contribution in [0.4, 0.5) is 10.1 Å². The molecule has 2 fully saturated rings. The lowest BCUT2D eigenvalue weighted by Gasteiger charge is -2.31. The number of amides is 2. The second kappa shape index (κ2) is 7.31. The molecule has 0 spiro atoms. The Morgan fingerprint density at radius 2 is 2.04 bits per heavy atom. The molecule has 7 heteroatoms. The topological polar surface area (TPSA) is 68.1 Å². The van der Waals surface area contributed by atoms with Crippen LogP contribution >= 0.6 is 0 Å². The largest absolute Gasteiger partial charge is 0.466 e. The number of esters is 1. The number of rotatable bonds is 4. The Balaban J connectivity index is 1.73. The zero-order chi connectivity index (χ0) is 18.0. The molecule has 0 aliphatic carbocycles. The average molecular weight is 349 g/mol. The summed E-state index contributed by atoms with van der Waals surface area (Å²) in [7, 11) is 0. The third-order valence-corrected chi connectivity index (χ3v) is 4.90. The van der Waals surface area contributed by atoms with E-state index in [9.17, 15) is 18.8 Å². The number of hydrogen-bond donors (Lipinski definition) is 1. The zero-order valence-electron chi connectivity index (χ0n) is 14.2. The van der Waals surface area contributed by atoms with Gasteiger partial charge in [-0.3, -0.25) is 14.4 Å². The maximum Gasteiger partial charge on any atom is 0.314 e. The first-order chi connectivity index (χ1) is 12.0. The van der Waals surface area contributed by atoms with E-state index in [-0.39, 0.29) is 30.1 Å². The maximum atomic E-state index is 13.1. The van der Waals surface area contributed by atoms with Crippen LogP contribution in [0, 0.1) is 11.7 Å². The number of nitrogens with zero attached hydrogens (tertiary/aromatic N) is 1. The predicted octanol–water partition coefficient (Wildman–Crippen LogP) is 0.316. The lowest BCUT2D eigenvalue weighted by molar-refractivity contribution is -0.922. The summed E-state index contributed by atoms with van der Waals surface area (Å²) >= 11 is 0. The van der Waals surface area contributed by atoms with Crippen LogP contribution in [0.3, 0.4) is 0 Å². The van der Waals surface area contributed by atoms with Gasteiger partial charge in [0.05, 0.1) is 31.8 Å². The van der Waals surface area contributed by atoms with Gasteiger partial charge in [-0.1, -0.05) is 0 Å². The Kier molecular flexibility index (Phi) is 5.13. The molecule has 2 aliphatic rings. The summed E-state index contributed by atoms with van der Waals surface area (Å²) in [6, 6.07) is 4.83. The molecule has 134 valence electrons. The number of carbonyl (C=O) groups excluding carboxylic acids is 3. The van der Waals surface area contributed by atoms with Crippen molar-refractivity contribution in [3.8, 4) is 0 Å². The van der Waals surface area contributed by atoms with Crippen molar-refractivity contribution >= 4 is 23.5 Å². The molecular formula is C18H22FN2O4+. The van der Waals surface area contributed by atoms with Gasteiger partial charge < -0.3 is 9.64 Å². The SMILES string of the molecule is CCOC(=O)[C@H]1CCC[NH+]([C@@H]2CC(=O)N(c3ccc(F)cc3)C2=O)C1. The van der Waals surface area contributed by atoms with Gasteiger partial charge in [-0.15, -0.1) is 0 Å². The first-order valence-electron chi connectivity index (χ1n) is 8.64. The second-order valence-electron chi connectivity index (χ2n) is 6.50. The third-order valence-electron chi connectivity index (χ3n) is 4.90. The lowest BCUT2D eigenvalue weighted by Crippen LogP contribution is -3.18. The number of nitrogens with one attached hydrogen (secondary N) is 1. The standard InChI is InChI=1S/C18H21FN2O4/c1-2-25-18(24)12-4-3-9-20(11-12)15-10-16(22)21(17(15)23)14-7-5-13(19)6-8-14/h5-8,12,15H,2-4,9-11H2,1H3/p+1/t12-,15+/m0/s1. The van der Waals surface area contributed by atoms with Crippen molar-refractivity contribution < 1.29 is 28.4 Å². The van der Waals surface area contributed by atoms with Crippen LogP contribution in [0.1, 0.15) is 26.2 Å². The van der Waals surface area contributed by atoms with Crippen LogP contribution in [-0.4, -0.2) is 43.5 Å². The fourth-order valence-electron chi connectivity index (χ4n) is 3.69. The van der Waals surface area contributed by atoms with Crippen LogP contribution < -0.4 is 9.80 Å². The van der Waals surface area contributed by atoms with E-state index in [4.69, 9.17) is 4.74 Å². The number of anilines is 1. The predicted molar refractivity (Wildman–Crippen MR) is 87.4 cm³/mol. The van der Waals surface area contributed by atoms with E-state index in [0.29, 0.717) is 18.8 Å². The number of imide groups is 1. The number of hydrogen-bond acceptors (Lipinski definition) is 4. The van der Waals surface area contributed by atoms with Crippen molar-refractivity contribution in [1.29, 1.82) is 0 Å². The molecule has 2 heterocycles. The summed E-state index contributed by atoms with van der Waals surface area (Å²) in [6.07, 6.45) is 1.67. The molecule has 3 rings (SSSR count). The number of benzene rings is 1. The summed E-state index contributed by atoms with van der Waals surface area (Å²) in [5.41, 5.74) is 0.386. The molecule has 1 unspecified atom stereocenters. The number of likely N-dealkylation sites (tertiary alicyclic amines) is 1. The Hall–Kier alpha value is -2.28. The van der Waals surface area contributed by atoms with E-state index in [1.807, 2.05) is 0 Å². The number of carbonyl (C=O) groups is 3. The Morgan fingerprint density at radius 3 is 2.72 bits per heavy atom. The zero-order valence-corrected chi connectivity index (χ0v) is 14.2. The number of halogens is 1. The van der Waals surface area contributed by atoms with E-state index >= 15 is 0 Å². The highest BCUT2D eigenvalue weighted by Crippen LogP contribution is 2.23. The molecule has 3 atom stereocenters. The van der Waals surface area contributed by atoms with Crippen molar-refractivity contribution in [2.45, 2.75) is 32.2 Å². The van der Waals surface area contributed by atoms with Gasteiger partial charge in [0, 0.05) is 0 Å². The third kappa shape index (κ3) is 3.56. The molecule has 2 saturated heterocycles. The minimum Gasteiger partial charge on any atom is -0.466 e. The molecule has 0 bridgehead atoms. The van der Waals surface area contributed by atoms with Crippen LogP contribution in [0.5, 0.6) is 0 Å². The first kappa shape index (κ1) is 17.5. The fourth-order valence-corrected chi connectivity index (χ4v) is 3.69. The molecule has 1 aromatic rings. The summed E-state index contributed by atoms with van der Waals surface area (Å²) in [6.45, 7) is 3.35. The normalized spacial score (nSPS) is 26.8. The minimum atomic E-state index is -0.491. The smallest absolute Gasteiger partial charge is 0.314 e. The van der Waals surface area contributed by atoms with E-state index in [2.05, 4.69) is 0 Å². The second-order valence-corrected chi connectivity index (χ2v) is 6.50. The van der Waals surface area contributed by atoms with Gasteiger partial charge in [-0.05, 0) is 44.0 Å². The maximum absolute atomic E-state index is 13.1. The van der Waals surface area contributed by atoms with Crippen molar-refractivity contribution in [3.05, 3.63) is 30.1 Å². The average Bonchev–Trinajstić information content (AvgIpc) is 2.91. The van der Waals surface area contributed by atoms with Gasteiger partial charge in [-0.25, -0.2) is 9.29 Å². The molecule has 0 radical (unpaired) electrons. The fraction of sp³-hybridized carbons (Fsp3) is 0.500. The van der Waals surface area contributed by atoms with Crippen LogP contribution in [0.2, 0.25) is 0 Å². The number of ether oxygens (including phenoxy) is 1. The Labute approximate surface area is 145 Å². The molecule has 0 saturated carbocycles. The molecule has 2 aliphatic heterocycles. The summed E-state index contributed by atoms with van der Waals surface area (Å²) in [4.78, 5) is 39.2. The quantitative estimate of drug-likeness (QED) is 0.628. The van der Waals surface area contributed by atoms with Gasteiger partial charge >= 0.3 is 5.97 Å². The highest BCUT2D eigenvalue weighted by Gasteiger charge is 2.47. The van der Waals surface area contributed by atoms with Gasteiger partial charge in [0.15, 0.2) is 6.04 Å². The highest BCUT2D eigenvalue weighted by molar-refractivity contribution is 6.21. The summed E-state index contributed by atoms with van der Waals surface area (Å²) in [5.74, 6) is -1.44. The van der Waals surface area contributed by atoms with Gasteiger partial charge in [0.2, 0.25) is 5.91 Å². The molecule has 1 N–H and O–H groups in total. The van der Waals surface area contributed by atoms with E-state index in [1.54, 1.807) is 6.92 Å². The van der Waals surface area contributed by atoms with Crippen LogP contribution in [-0.2, 0) is 19.1 Å².